The molecule has 0 aromatic carbocycles. The van der Waals surface area contributed by atoms with Gasteiger partial charge in [0.2, 0.25) is 5.91 Å². The molecule has 1 aliphatic heterocycles. The van der Waals surface area contributed by atoms with Crippen LogP contribution in [0, 0.1) is 0 Å². The van der Waals surface area contributed by atoms with Crippen LogP contribution in [0.2, 0.25) is 0 Å². The fraction of sp³-hybridized carbons (Fsp3) is 0.778. The van der Waals surface area contributed by atoms with Crippen molar-refractivity contribution in [1.29, 1.82) is 0 Å². The molecule has 0 bridgehead atoms. The summed E-state index contributed by atoms with van der Waals surface area (Å²) in [5.74, 6) is 0.591. The van der Waals surface area contributed by atoms with Gasteiger partial charge in [0.15, 0.2) is 5.96 Å². The topological polar surface area (TPSA) is 61.9 Å². The van der Waals surface area contributed by atoms with Gasteiger partial charge in [-0.2, -0.15) is 0 Å². The van der Waals surface area contributed by atoms with Crippen LogP contribution in [-0.2, 0) is 4.79 Å². The van der Waals surface area contributed by atoms with Crippen molar-refractivity contribution in [3.05, 3.63) is 0 Å². The molecule has 0 aromatic rings. The van der Waals surface area contributed by atoms with E-state index >= 15 is 0 Å². The van der Waals surface area contributed by atoms with Crippen LogP contribution >= 0.6 is 0 Å². The van der Waals surface area contributed by atoms with Crippen LogP contribution in [0.1, 0.15) is 13.3 Å². The zero-order valence-corrected chi connectivity index (χ0v) is 8.86. The molecule has 14 heavy (non-hydrogen) atoms. The van der Waals surface area contributed by atoms with Crippen LogP contribution < -0.4 is 5.73 Å². The Labute approximate surface area is 84.6 Å². The average molecular weight is 198 g/mol. The molecule has 5 heteroatoms. The van der Waals surface area contributed by atoms with E-state index in [2.05, 4.69) is 4.99 Å². The molecule has 0 atom stereocenters. The highest BCUT2D eigenvalue weighted by atomic mass is 16.2. The van der Waals surface area contributed by atoms with E-state index in [0.717, 1.165) is 19.5 Å². The highest BCUT2D eigenvalue weighted by molar-refractivity contribution is 5.85. The van der Waals surface area contributed by atoms with Crippen molar-refractivity contribution in [3.63, 3.8) is 0 Å². The van der Waals surface area contributed by atoms with E-state index in [-0.39, 0.29) is 5.91 Å². The number of aliphatic imine (C=N–C) groups is 1. The van der Waals surface area contributed by atoms with Gasteiger partial charge in [0.05, 0.1) is 6.54 Å². The molecular formula is C9H18N4O. The minimum Gasteiger partial charge on any atom is -0.370 e. The van der Waals surface area contributed by atoms with Crippen LogP contribution in [0.15, 0.2) is 4.99 Å². The van der Waals surface area contributed by atoms with Crippen LogP contribution in [-0.4, -0.2) is 54.9 Å². The second-order valence-corrected chi connectivity index (χ2v) is 3.42. The van der Waals surface area contributed by atoms with E-state index in [4.69, 9.17) is 5.73 Å². The maximum absolute atomic E-state index is 11.5. The lowest BCUT2D eigenvalue weighted by molar-refractivity contribution is -0.129. The largest absolute Gasteiger partial charge is 0.370 e. The maximum atomic E-state index is 11.5. The summed E-state index contributed by atoms with van der Waals surface area (Å²) < 4.78 is 0. The summed E-state index contributed by atoms with van der Waals surface area (Å²) in [6.45, 7) is 4.55. The molecule has 1 saturated heterocycles. The first-order chi connectivity index (χ1) is 6.65. The number of hydrogen-bond acceptors (Lipinski definition) is 2. The maximum Gasteiger partial charge on any atom is 0.241 e. The second kappa shape index (κ2) is 4.83. The molecule has 1 fully saturated rings. The Morgan fingerprint density at radius 3 is 2.93 bits per heavy atom. The first-order valence-corrected chi connectivity index (χ1v) is 4.94. The zero-order valence-electron chi connectivity index (χ0n) is 8.86. The van der Waals surface area contributed by atoms with Crippen LogP contribution in [0.25, 0.3) is 0 Å². The lowest BCUT2D eigenvalue weighted by Gasteiger charge is -2.20. The Morgan fingerprint density at radius 2 is 2.29 bits per heavy atom. The molecule has 1 amide bonds. The summed E-state index contributed by atoms with van der Waals surface area (Å²) in [6.07, 6.45) is 0.947. The number of rotatable bonds is 1. The predicted molar refractivity (Wildman–Crippen MR) is 56.0 cm³/mol. The zero-order chi connectivity index (χ0) is 10.6. The highest BCUT2D eigenvalue weighted by Crippen LogP contribution is 2.01. The van der Waals surface area contributed by atoms with E-state index in [9.17, 15) is 4.79 Å². The number of nitrogens with two attached hydrogens (primary N) is 1. The quantitative estimate of drug-likeness (QED) is 0.456. The first-order valence-electron chi connectivity index (χ1n) is 4.94. The van der Waals surface area contributed by atoms with Gasteiger partial charge in [-0.15, -0.1) is 0 Å². The molecule has 0 spiro atoms. The van der Waals surface area contributed by atoms with Gasteiger partial charge in [0, 0.05) is 26.7 Å². The summed E-state index contributed by atoms with van der Waals surface area (Å²) in [6, 6.07) is 0. The van der Waals surface area contributed by atoms with Gasteiger partial charge in [-0.05, 0) is 13.3 Å². The van der Waals surface area contributed by atoms with Crippen molar-refractivity contribution in [2.24, 2.45) is 10.7 Å². The van der Waals surface area contributed by atoms with Crippen LogP contribution in [0.5, 0.6) is 0 Å². The van der Waals surface area contributed by atoms with Crippen molar-refractivity contribution in [3.8, 4) is 0 Å². The summed E-state index contributed by atoms with van der Waals surface area (Å²) in [5, 5.41) is 0. The van der Waals surface area contributed by atoms with Crippen molar-refractivity contribution < 1.29 is 4.79 Å². The smallest absolute Gasteiger partial charge is 0.241 e. The average Bonchev–Trinajstić information content (AvgIpc) is 2.30. The van der Waals surface area contributed by atoms with Crippen molar-refractivity contribution in [2.45, 2.75) is 13.3 Å². The number of hydrogen-bond donors (Lipinski definition) is 1. The lowest BCUT2D eigenvalue weighted by Crippen LogP contribution is -2.42. The summed E-state index contributed by atoms with van der Waals surface area (Å²) in [5.41, 5.74) is 5.74. The van der Waals surface area contributed by atoms with Gasteiger partial charge >= 0.3 is 0 Å². The molecule has 1 rings (SSSR count). The molecule has 1 aliphatic rings. The molecule has 0 saturated carbocycles. The number of guanidine groups is 1. The van der Waals surface area contributed by atoms with E-state index in [0.29, 0.717) is 19.0 Å². The van der Waals surface area contributed by atoms with Crippen molar-refractivity contribution >= 4 is 11.9 Å². The Morgan fingerprint density at radius 1 is 1.57 bits per heavy atom. The molecule has 0 aromatic heterocycles. The van der Waals surface area contributed by atoms with Gasteiger partial charge in [-0.25, -0.2) is 0 Å². The Balaban J connectivity index is 2.63. The fourth-order valence-corrected chi connectivity index (χ4v) is 1.44. The van der Waals surface area contributed by atoms with Gasteiger partial charge in [-0.1, -0.05) is 0 Å². The SMILES string of the molecule is CCN=C(N)N1CCCN(C)C(=O)C1. The van der Waals surface area contributed by atoms with Crippen molar-refractivity contribution in [2.75, 3.05) is 33.2 Å². The monoisotopic (exact) mass is 198 g/mol. The Bertz CT molecular complexity index is 239. The lowest BCUT2D eigenvalue weighted by atomic mass is 10.4. The van der Waals surface area contributed by atoms with Gasteiger partial charge in [0.25, 0.3) is 0 Å². The Kier molecular flexibility index (Phi) is 3.73. The highest BCUT2D eigenvalue weighted by Gasteiger charge is 2.19. The Hall–Kier alpha value is -1.26. The predicted octanol–water partition coefficient (Wildman–Crippen LogP) is -0.515. The molecule has 0 unspecified atom stereocenters. The number of amides is 1. The van der Waals surface area contributed by atoms with E-state index in [1.54, 1.807) is 4.90 Å². The normalized spacial score (nSPS) is 19.9. The van der Waals surface area contributed by atoms with E-state index < -0.39 is 0 Å². The number of nitrogens with zero attached hydrogens (tertiary/aromatic N) is 3. The molecule has 0 aliphatic carbocycles. The fourth-order valence-electron chi connectivity index (χ4n) is 1.44. The summed E-state index contributed by atoms with van der Waals surface area (Å²) in [7, 11) is 1.82. The standard InChI is InChI=1S/C9H18N4O/c1-3-11-9(10)13-6-4-5-12(2)8(14)7-13/h3-7H2,1-2H3,(H2,10,11). The molecule has 1 heterocycles. The van der Waals surface area contributed by atoms with E-state index in [1.807, 2.05) is 18.9 Å². The third-order valence-corrected chi connectivity index (χ3v) is 2.32. The third kappa shape index (κ3) is 2.61. The molecule has 2 N–H and O–H groups in total. The van der Waals surface area contributed by atoms with Gasteiger partial charge in [0.1, 0.15) is 0 Å². The molecular weight excluding hydrogens is 180 g/mol. The van der Waals surface area contributed by atoms with Crippen molar-refractivity contribution in [1.82, 2.24) is 9.80 Å². The van der Waals surface area contributed by atoms with Crippen LogP contribution in [0.4, 0.5) is 0 Å². The summed E-state index contributed by atoms with van der Waals surface area (Å²) >= 11 is 0. The third-order valence-electron chi connectivity index (χ3n) is 2.32. The molecule has 0 radical (unpaired) electrons. The molecule has 5 nitrogen and oxygen atoms in total. The number of carbonyl (C=O) groups is 1. The molecule has 80 valence electrons. The van der Waals surface area contributed by atoms with Crippen LogP contribution in [0.3, 0.4) is 0 Å². The van der Waals surface area contributed by atoms with Gasteiger partial charge in [-0.3, -0.25) is 9.79 Å². The first kappa shape index (κ1) is 10.8. The minimum atomic E-state index is 0.108. The minimum absolute atomic E-state index is 0.108. The van der Waals surface area contributed by atoms with Gasteiger partial charge < -0.3 is 15.5 Å². The number of likely N-dealkylation sites (N-methyl/N-ethyl adjacent to an activating group) is 1. The number of carbonyl (C=O) groups excluding carboxylic acids is 1. The second-order valence-electron chi connectivity index (χ2n) is 3.42. The van der Waals surface area contributed by atoms with E-state index in [1.165, 1.54) is 0 Å². The summed E-state index contributed by atoms with van der Waals surface area (Å²) in [4.78, 5) is 19.2.